The van der Waals surface area contributed by atoms with Gasteiger partial charge < -0.3 is 5.73 Å². The summed E-state index contributed by atoms with van der Waals surface area (Å²) in [5.74, 6) is 0. The molecule has 1 aromatic rings. The van der Waals surface area contributed by atoms with Gasteiger partial charge in [0.25, 0.3) is 0 Å². The van der Waals surface area contributed by atoms with Crippen molar-refractivity contribution in [2.45, 2.75) is 35.8 Å². The van der Waals surface area contributed by atoms with Crippen molar-refractivity contribution in [1.82, 2.24) is 0 Å². The van der Waals surface area contributed by atoms with Gasteiger partial charge in [-0.2, -0.15) is 5.26 Å². The topological polar surface area (TPSA) is 49.8 Å². The maximum Gasteiger partial charge on any atom is 0.0992 e. The molecular formula is C12H14N2S. The largest absolute Gasteiger partial charge is 0.398 e. The van der Waals surface area contributed by atoms with Gasteiger partial charge in [-0.05, 0) is 31.0 Å². The Morgan fingerprint density at radius 2 is 2.07 bits per heavy atom. The van der Waals surface area contributed by atoms with Crippen molar-refractivity contribution in [2.75, 3.05) is 5.73 Å². The summed E-state index contributed by atoms with van der Waals surface area (Å²) in [6, 6.07) is 7.65. The molecule has 2 rings (SSSR count). The van der Waals surface area contributed by atoms with Gasteiger partial charge >= 0.3 is 0 Å². The van der Waals surface area contributed by atoms with E-state index in [1.165, 1.54) is 25.7 Å². The number of hydrogen-bond acceptors (Lipinski definition) is 3. The van der Waals surface area contributed by atoms with E-state index < -0.39 is 0 Å². The monoisotopic (exact) mass is 218 g/mol. The standard InChI is InChI=1S/C12H14N2S/c13-8-9-5-6-11(14)12(7-9)15-10-3-1-2-4-10/h5-7,10H,1-4,14H2. The summed E-state index contributed by atoms with van der Waals surface area (Å²) in [6.07, 6.45) is 5.22. The van der Waals surface area contributed by atoms with Crippen molar-refractivity contribution in [2.24, 2.45) is 0 Å². The smallest absolute Gasteiger partial charge is 0.0992 e. The summed E-state index contributed by atoms with van der Waals surface area (Å²) in [5.41, 5.74) is 7.39. The lowest BCUT2D eigenvalue weighted by molar-refractivity contribution is 0.886. The number of benzene rings is 1. The minimum Gasteiger partial charge on any atom is -0.398 e. The average Bonchev–Trinajstić information content (AvgIpc) is 2.74. The van der Waals surface area contributed by atoms with E-state index in [2.05, 4.69) is 6.07 Å². The molecule has 2 N–H and O–H groups in total. The van der Waals surface area contributed by atoms with Crippen LogP contribution in [-0.2, 0) is 0 Å². The van der Waals surface area contributed by atoms with Crippen LogP contribution in [0.5, 0.6) is 0 Å². The quantitative estimate of drug-likeness (QED) is 0.776. The Labute approximate surface area is 94.5 Å². The van der Waals surface area contributed by atoms with Gasteiger partial charge in [-0.15, -0.1) is 11.8 Å². The minimum absolute atomic E-state index is 0.696. The van der Waals surface area contributed by atoms with E-state index in [1.807, 2.05) is 23.9 Å². The molecule has 1 aliphatic rings. The highest BCUT2D eigenvalue weighted by Crippen LogP contribution is 2.37. The molecule has 1 aliphatic carbocycles. The minimum atomic E-state index is 0.696. The third-order valence-corrected chi connectivity index (χ3v) is 4.15. The summed E-state index contributed by atoms with van der Waals surface area (Å²) in [7, 11) is 0. The van der Waals surface area contributed by atoms with E-state index in [1.54, 1.807) is 6.07 Å². The third kappa shape index (κ3) is 2.45. The van der Waals surface area contributed by atoms with Gasteiger partial charge in [0.05, 0.1) is 11.6 Å². The molecule has 0 atom stereocenters. The maximum absolute atomic E-state index is 8.81. The molecule has 0 amide bonds. The summed E-state index contributed by atoms with van der Waals surface area (Å²) >= 11 is 1.83. The van der Waals surface area contributed by atoms with Gasteiger partial charge in [0, 0.05) is 15.8 Å². The van der Waals surface area contributed by atoms with Gasteiger partial charge in [0.1, 0.15) is 0 Å². The summed E-state index contributed by atoms with van der Waals surface area (Å²) < 4.78 is 0. The van der Waals surface area contributed by atoms with Crippen LogP contribution in [-0.4, -0.2) is 5.25 Å². The lowest BCUT2D eigenvalue weighted by atomic mass is 10.2. The third-order valence-electron chi connectivity index (χ3n) is 2.74. The second-order valence-electron chi connectivity index (χ2n) is 3.89. The molecule has 0 bridgehead atoms. The van der Waals surface area contributed by atoms with Gasteiger partial charge in [0.15, 0.2) is 0 Å². The highest BCUT2D eigenvalue weighted by Gasteiger charge is 2.17. The molecular weight excluding hydrogens is 204 g/mol. The lowest BCUT2D eigenvalue weighted by Gasteiger charge is -2.10. The van der Waals surface area contributed by atoms with Crippen molar-refractivity contribution in [3.05, 3.63) is 23.8 Å². The normalized spacial score (nSPS) is 16.5. The van der Waals surface area contributed by atoms with Crippen molar-refractivity contribution >= 4 is 17.4 Å². The van der Waals surface area contributed by atoms with E-state index in [-0.39, 0.29) is 0 Å². The van der Waals surface area contributed by atoms with Crippen LogP contribution < -0.4 is 5.73 Å². The Balaban J connectivity index is 2.15. The summed E-state index contributed by atoms with van der Waals surface area (Å²) in [6.45, 7) is 0. The Morgan fingerprint density at radius 1 is 1.33 bits per heavy atom. The Bertz CT molecular complexity index is 389. The van der Waals surface area contributed by atoms with Crippen molar-refractivity contribution in [3.8, 4) is 6.07 Å². The maximum atomic E-state index is 8.81. The molecule has 2 nitrogen and oxygen atoms in total. The molecule has 0 spiro atoms. The number of nitrogen functional groups attached to an aromatic ring is 1. The molecule has 0 unspecified atom stereocenters. The molecule has 1 saturated carbocycles. The van der Waals surface area contributed by atoms with Crippen molar-refractivity contribution < 1.29 is 0 Å². The SMILES string of the molecule is N#Cc1ccc(N)c(SC2CCCC2)c1. The van der Waals surface area contributed by atoms with Gasteiger partial charge in [-0.25, -0.2) is 0 Å². The molecule has 15 heavy (non-hydrogen) atoms. The molecule has 78 valence electrons. The van der Waals surface area contributed by atoms with Gasteiger partial charge in [0.2, 0.25) is 0 Å². The first-order valence-electron chi connectivity index (χ1n) is 5.26. The molecule has 0 aliphatic heterocycles. The fourth-order valence-electron chi connectivity index (χ4n) is 1.89. The number of thioether (sulfide) groups is 1. The van der Waals surface area contributed by atoms with E-state index in [0.717, 1.165) is 10.6 Å². The first-order chi connectivity index (χ1) is 7.29. The molecule has 1 aromatic carbocycles. The van der Waals surface area contributed by atoms with Crippen LogP contribution >= 0.6 is 11.8 Å². The zero-order valence-corrected chi connectivity index (χ0v) is 9.39. The Kier molecular flexibility index (Phi) is 3.17. The fraction of sp³-hybridized carbons (Fsp3) is 0.417. The summed E-state index contributed by atoms with van der Waals surface area (Å²) in [4.78, 5) is 1.07. The number of nitriles is 1. The lowest BCUT2D eigenvalue weighted by Crippen LogP contribution is -1.96. The van der Waals surface area contributed by atoms with Gasteiger partial charge in [-0.1, -0.05) is 12.8 Å². The first-order valence-corrected chi connectivity index (χ1v) is 6.14. The second kappa shape index (κ2) is 4.59. The van der Waals surface area contributed by atoms with Crippen LogP contribution in [0.3, 0.4) is 0 Å². The number of nitrogens with two attached hydrogens (primary N) is 1. The fourth-order valence-corrected chi connectivity index (χ4v) is 3.22. The van der Waals surface area contributed by atoms with Crippen LogP contribution in [0.25, 0.3) is 0 Å². The van der Waals surface area contributed by atoms with Crippen LogP contribution in [0.15, 0.2) is 23.1 Å². The average molecular weight is 218 g/mol. The van der Waals surface area contributed by atoms with E-state index in [4.69, 9.17) is 11.0 Å². The van der Waals surface area contributed by atoms with E-state index >= 15 is 0 Å². The van der Waals surface area contributed by atoms with E-state index in [0.29, 0.717) is 10.8 Å². The molecule has 3 heteroatoms. The number of anilines is 1. The van der Waals surface area contributed by atoms with Crippen LogP contribution in [0.1, 0.15) is 31.2 Å². The van der Waals surface area contributed by atoms with Crippen molar-refractivity contribution in [1.29, 1.82) is 5.26 Å². The number of rotatable bonds is 2. The first kappa shape index (κ1) is 10.4. The highest BCUT2D eigenvalue weighted by atomic mass is 32.2. The predicted molar refractivity (Wildman–Crippen MR) is 63.7 cm³/mol. The predicted octanol–water partition coefficient (Wildman–Crippen LogP) is 3.18. The molecule has 0 saturated heterocycles. The summed E-state index contributed by atoms with van der Waals surface area (Å²) in [5, 5.41) is 9.51. The van der Waals surface area contributed by atoms with Gasteiger partial charge in [-0.3, -0.25) is 0 Å². The second-order valence-corrected chi connectivity index (χ2v) is 5.23. The Hall–Kier alpha value is -1.14. The van der Waals surface area contributed by atoms with E-state index in [9.17, 15) is 0 Å². The van der Waals surface area contributed by atoms with Crippen LogP contribution in [0.2, 0.25) is 0 Å². The molecule has 0 aromatic heterocycles. The highest BCUT2D eigenvalue weighted by molar-refractivity contribution is 8.00. The zero-order chi connectivity index (χ0) is 10.7. The van der Waals surface area contributed by atoms with Crippen LogP contribution in [0, 0.1) is 11.3 Å². The number of hydrogen-bond donors (Lipinski definition) is 1. The number of nitrogens with zero attached hydrogens (tertiary/aromatic N) is 1. The van der Waals surface area contributed by atoms with Crippen molar-refractivity contribution in [3.63, 3.8) is 0 Å². The Morgan fingerprint density at radius 3 is 2.73 bits per heavy atom. The zero-order valence-electron chi connectivity index (χ0n) is 8.57. The van der Waals surface area contributed by atoms with Crippen LogP contribution in [0.4, 0.5) is 5.69 Å². The molecule has 0 heterocycles. The molecule has 0 radical (unpaired) electrons. The molecule has 1 fully saturated rings.